The molecule has 0 amide bonds. The van der Waals surface area contributed by atoms with E-state index in [0.717, 1.165) is 43.7 Å². The minimum atomic E-state index is 0.143. The van der Waals surface area contributed by atoms with Crippen LogP contribution < -0.4 is 11.1 Å². The molecule has 1 heterocycles. The molecule has 5 nitrogen and oxygen atoms in total. The van der Waals surface area contributed by atoms with Crippen LogP contribution in [0.15, 0.2) is 23.4 Å². The predicted octanol–water partition coefficient (Wildman–Crippen LogP) is 1.75. The molecule has 0 saturated carbocycles. The van der Waals surface area contributed by atoms with Crippen LogP contribution in [-0.2, 0) is 11.3 Å². The van der Waals surface area contributed by atoms with Crippen LogP contribution in [0.5, 0.6) is 0 Å². The van der Waals surface area contributed by atoms with Crippen molar-refractivity contribution in [3.63, 3.8) is 0 Å². The zero-order valence-corrected chi connectivity index (χ0v) is 12.1. The van der Waals surface area contributed by atoms with E-state index in [1.807, 2.05) is 25.1 Å². The van der Waals surface area contributed by atoms with Crippen LogP contribution in [0.4, 0.5) is 0 Å². The lowest BCUT2D eigenvalue weighted by Gasteiger charge is -2.35. The lowest BCUT2D eigenvalue weighted by Crippen LogP contribution is -2.46. The summed E-state index contributed by atoms with van der Waals surface area (Å²) >= 11 is 0. The molecule has 110 valence electrons. The maximum absolute atomic E-state index is 8.69. The third kappa shape index (κ3) is 3.49. The molecule has 1 aliphatic rings. The molecule has 2 rings (SSSR count). The van der Waals surface area contributed by atoms with Crippen LogP contribution in [0.2, 0.25) is 0 Å². The lowest BCUT2D eigenvalue weighted by molar-refractivity contribution is 0.0446. The van der Waals surface area contributed by atoms with Crippen molar-refractivity contribution in [1.29, 1.82) is 0 Å². The molecule has 5 heteroatoms. The number of hydrogen-bond acceptors (Lipinski definition) is 4. The Labute approximate surface area is 119 Å². The van der Waals surface area contributed by atoms with Gasteiger partial charge in [-0.1, -0.05) is 17.3 Å². The first-order chi connectivity index (χ1) is 9.54. The van der Waals surface area contributed by atoms with Gasteiger partial charge in [0.2, 0.25) is 0 Å². The fourth-order valence-electron chi connectivity index (χ4n) is 2.42. The Morgan fingerprint density at radius 2 is 2.15 bits per heavy atom. The largest absolute Gasteiger partial charge is 0.409 e. The number of aryl methyl sites for hydroxylation is 1. The molecule has 20 heavy (non-hydrogen) atoms. The van der Waals surface area contributed by atoms with Crippen LogP contribution >= 0.6 is 0 Å². The Bertz CT molecular complexity index is 494. The van der Waals surface area contributed by atoms with E-state index in [-0.39, 0.29) is 11.4 Å². The van der Waals surface area contributed by atoms with E-state index in [2.05, 4.69) is 17.4 Å². The SMILES string of the molecule is Cc1cc(/C(N)=N/O)ccc1CNC1(C)CCOCC1. The number of amidine groups is 1. The Kier molecular flexibility index (Phi) is 4.62. The van der Waals surface area contributed by atoms with Crippen LogP contribution in [0.1, 0.15) is 36.5 Å². The molecule has 0 unspecified atom stereocenters. The van der Waals surface area contributed by atoms with Gasteiger partial charge in [-0.25, -0.2) is 0 Å². The van der Waals surface area contributed by atoms with Crippen LogP contribution in [-0.4, -0.2) is 29.8 Å². The lowest BCUT2D eigenvalue weighted by atomic mass is 9.92. The molecule has 1 aromatic carbocycles. The Hall–Kier alpha value is -1.59. The van der Waals surface area contributed by atoms with Gasteiger partial charge >= 0.3 is 0 Å². The summed E-state index contributed by atoms with van der Waals surface area (Å²) in [6, 6.07) is 5.85. The summed E-state index contributed by atoms with van der Waals surface area (Å²) in [4.78, 5) is 0. The topological polar surface area (TPSA) is 79.9 Å². The number of rotatable bonds is 4. The van der Waals surface area contributed by atoms with E-state index in [1.54, 1.807) is 0 Å². The molecule has 0 aliphatic carbocycles. The number of nitrogens with zero attached hydrogens (tertiary/aromatic N) is 1. The Balaban J connectivity index is 2.03. The third-order valence-corrected chi connectivity index (χ3v) is 4.05. The summed E-state index contributed by atoms with van der Waals surface area (Å²) in [5.74, 6) is 0.143. The number of nitrogens with one attached hydrogen (secondary N) is 1. The standard InChI is InChI=1S/C15H23N3O2/c1-11-9-12(14(16)18-19)3-4-13(11)10-17-15(2)5-7-20-8-6-15/h3-4,9,17,19H,5-8,10H2,1-2H3,(H2,16,18). The first-order valence-electron chi connectivity index (χ1n) is 6.94. The predicted molar refractivity (Wildman–Crippen MR) is 79.0 cm³/mol. The van der Waals surface area contributed by atoms with E-state index in [0.29, 0.717) is 0 Å². The quantitative estimate of drug-likeness (QED) is 0.339. The summed E-state index contributed by atoms with van der Waals surface area (Å²) in [6.45, 7) is 6.75. The van der Waals surface area contributed by atoms with E-state index in [9.17, 15) is 0 Å². The number of benzene rings is 1. The van der Waals surface area contributed by atoms with Gasteiger partial charge in [-0.05, 0) is 43.9 Å². The second-order valence-electron chi connectivity index (χ2n) is 5.65. The van der Waals surface area contributed by atoms with Gasteiger partial charge in [0.1, 0.15) is 0 Å². The highest BCUT2D eigenvalue weighted by Crippen LogP contribution is 2.21. The van der Waals surface area contributed by atoms with Crippen LogP contribution in [0, 0.1) is 6.92 Å². The third-order valence-electron chi connectivity index (χ3n) is 4.05. The Morgan fingerprint density at radius 3 is 2.75 bits per heavy atom. The Morgan fingerprint density at radius 1 is 1.45 bits per heavy atom. The molecule has 1 saturated heterocycles. The van der Waals surface area contributed by atoms with Crippen LogP contribution in [0.3, 0.4) is 0 Å². The highest BCUT2D eigenvalue weighted by molar-refractivity contribution is 5.97. The highest BCUT2D eigenvalue weighted by atomic mass is 16.5. The van der Waals surface area contributed by atoms with Crippen molar-refractivity contribution in [3.8, 4) is 0 Å². The zero-order chi connectivity index (χ0) is 14.6. The first-order valence-corrected chi connectivity index (χ1v) is 6.94. The summed E-state index contributed by atoms with van der Waals surface area (Å²) in [6.07, 6.45) is 2.07. The summed E-state index contributed by atoms with van der Waals surface area (Å²) in [5, 5.41) is 15.3. The smallest absolute Gasteiger partial charge is 0.170 e. The second kappa shape index (κ2) is 6.24. The average molecular weight is 277 g/mol. The molecule has 1 aromatic rings. The molecule has 0 radical (unpaired) electrons. The number of ether oxygens (including phenoxy) is 1. The van der Waals surface area contributed by atoms with Gasteiger partial charge in [0.05, 0.1) is 0 Å². The van der Waals surface area contributed by atoms with E-state index in [1.165, 1.54) is 5.56 Å². The van der Waals surface area contributed by atoms with Gasteiger partial charge < -0.3 is 21.0 Å². The fraction of sp³-hybridized carbons (Fsp3) is 0.533. The molecular formula is C15H23N3O2. The summed E-state index contributed by atoms with van der Waals surface area (Å²) < 4.78 is 5.40. The van der Waals surface area contributed by atoms with Crippen molar-refractivity contribution >= 4 is 5.84 Å². The van der Waals surface area contributed by atoms with Gasteiger partial charge in [0.15, 0.2) is 5.84 Å². The second-order valence-corrected chi connectivity index (χ2v) is 5.65. The fourth-order valence-corrected chi connectivity index (χ4v) is 2.42. The van der Waals surface area contributed by atoms with Crippen molar-refractivity contribution in [1.82, 2.24) is 5.32 Å². The van der Waals surface area contributed by atoms with Crippen molar-refractivity contribution in [2.24, 2.45) is 10.9 Å². The van der Waals surface area contributed by atoms with Gasteiger partial charge in [0, 0.05) is 30.9 Å². The minimum Gasteiger partial charge on any atom is -0.409 e. The highest BCUT2D eigenvalue weighted by Gasteiger charge is 2.26. The van der Waals surface area contributed by atoms with E-state index in [4.69, 9.17) is 15.7 Å². The van der Waals surface area contributed by atoms with Crippen molar-refractivity contribution in [2.75, 3.05) is 13.2 Å². The minimum absolute atomic E-state index is 0.143. The summed E-state index contributed by atoms with van der Waals surface area (Å²) in [7, 11) is 0. The molecule has 0 spiro atoms. The van der Waals surface area contributed by atoms with Gasteiger partial charge in [0.25, 0.3) is 0 Å². The van der Waals surface area contributed by atoms with Crippen molar-refractivity contribution in [3.05, 3.63) is 34.9 Å². The number of hydrogen-bond donors (Lipinski definition) is 3. The molecule has 1 aliphatic heterocycles. The molecule has 0 atom stereocenters. The molecular weight excluding hydrogens is 254 g/mol. The first kappa shape index (κ1) is 14.8. The molecule has 0 bridgehead atoms. The van der Waals surface area contributed by atoms with Gasteiger partial charge in [-0.15, -0.1) is 0 Å². The normalized spacial score (nSPS) is 19.0. The maximum Gasteiger partial charge on any atom is 0.170 e. The number of nitrogens with two attached hydrogens (primary N) is 1. The van der Waals surface area contributed by atoms with Crippen molar-refractivity contribution < 1.29 is 9.94 Å². The average Bonchev–Trinajstić information content (AvgIpc) is 2.46. The van der Waals surface area contributed by atoms with Gasteiger partial charge in [-0.3, -0.25) is 0 Å². The van der Waals surface area contributed by atoms with E-state index >= 15 is 0 Å². The zero-order valence-electron chi connectivity index (χ0n) is 12.1. The molecule has 1 fully saturated rings. The van der Waals surface area contributed by atoms with Crippen LogP contribution in [0.25, 0.3) is 0 Å². The monoisotopic (exact) mass is 277 g/mol. The molecule has 0 aromatic heterocycles. The van der Waals surface area contributed by atoms with Gasteiger partial charge in [-0.2, -0.15) is 0 Å². The number of oxime groups is 1. The van der Waals surface area contributed by atoms with Crippen molar-refractivity contribution in [2.45, 2.75) is 38.8 Å². The molecule has 4 N–H and O–H groups in total. The summed E-state index contributed by atoms with van der Waals surface area (Å²) in [5.41, 5.74) is 8.85. The van der Waals surface area contributed by atoms with E-state index < -0.39 is 0 Å². The maximum atomic E-state index is 8.69.